The molecule has 0 saturated heterocycles. The van der Waals surface area contributed by atoms with Crippen LogP contribution < -0.4 is 0 Å². The molecule has 0 saturated carbocycles. The molecule has 0 aromatic rings. The molecule has 18 heteroatoms. The zero-order chi connectivity index (χ0) is 21.1. The second-order valence-corrected chi connectivity index (χ2v) is 4.25. The number of rotatable bonds is 6. The van der Waals surface area contributed by atoms with Crippen molar-refractivity contribution in [2.24, 2.45) is 0 Å². The summed E-state index contributed by atoms with van der Waals surface area (Å²) in [5.74, 6) is -52.8. The van der Waals surface area contributed by atoms with Crippen LogP contribution in [0.3, 0.4) is 0 Å². The standard InChI is InChI=1S/C8HF15O2.Sc/c9-2(10,1(24)25)3(11,12)4(13,14)5(15,16)6(17,18)7(19,20)8(21,22)23;/h(H,24,25);. The fraction of sp³-hybridized carbons (Fsp3) is 0.875. The van der Waals surface area contributed by atoms with Crippen LogP contribution in [0.1, 0.15) is 0 Å². The van der Waals surface area contributed by atoms with Crippen LogP contribution in [0.25, 0.3) is 0 Å². The summed E-state index contributed by atoms with van der Waals surface area (Å²) in [5.41, 5.74) is 0. The second-order valence-electron chi connectivity index (χ2n) is 4.25. The molecule has 0 aliphatic rings. The van der Waals surface area contributed by atoms with Gasteiger partial charge in [-0.2, -0.15) is 65.9 Å². The van der Waals surface area contributed by atoms with Crippen molar-refractivity contribution in [2.45, 2.75) is 41.7 Å². The van der Waals surface area contributed by atoms with Gasteiger partial charge in [0, 0.05) is 25.8 Å². The van der Waals surface area contributed by atoms with Crippen molar-refractivity contribution in [1.82, 2.24) is 0 Å². The summed E-state index contributed by atoms with van der Waals surface area (Å²) in [6, 6.07) is 0. The molecule has 0 rings (SSSR count). The fourth-order valence-corrected chi connectivity index (χ4v) is 1.10. The van der Waals surface area contributed by atoms with Crippen LogP contribution in [0.2, 0.25) is 0 Å². The number of hydrogen-bond acceptors (Lipinski definition) is 1. The van der Waals surface area contributed by atoms with E-state index >= 15 is 0 Å². The normalized spacial score (nSPS) is 15.5. The predicted molar refractivity (Wildman–Crippen MR) is 43.4 cm³/mol. The predicted octanol–water partition coefficient (Wildman–Crippen LogP) is 4.44. The van der Waals surface area contributed by atoms with Crippen LogP contribution in [0.5, 0.6) is 0 Å². The van der Waals surface area contributed by atoms with Gasteiger partial charge in [0.25, 0.3) is 0 Å². The van der Waals surface area contributed by atoms with E-state index in [0.717, 1.165) is 0 Å². The molecule has 0 heterocycles. The summed E-state index contributed by atoms with van der Waals surface area (Å²) in [7, 11) is 0. The summed E-state index contributed by atoms with van der Waals surface area (Å²) in [4.78, 5) is 9.72. The minimum Gasteiger partial charge on any atom is -0.477 e. The number of alkyl halides is 15. The Balaban J connectivity index is 0. The number of hydrogen-bond donors (Lipinski definition) is 1. The average molecular weight is 459 g/mol. The summed E-state index contributed by atoms with van der Waals surface area (Å²) >= 11 is 0. The maximum absolute atomic E-state index is 12.8. The molecular formula is C8HF15O2Sc. The van der Waals surface area contributed by atoms with Crippen molar-refractivity contribution in [2.75, 3.05) is 0 Å². The molecule has 26 heavy (non-hydrogen) atoms. The minimum atomic E-state index is -8.47. The van der Waals surface area contributed by atoms with Gasteiger partial charge in [0.2, 0.25) is 0 Å². The van der Waals surface area contributed by atoms with Crippen LogP contribution in [-0.2, 0) is 30.6 Å². The van der Waals surface area contributed by atoms with Gasteiger partial charge in [0.05, 0.1) is 0 Å². The molecule has 0 bridgehead atoms. The van der Waals surface area contributed by atoms with E-state index in [0.29, 0.717) is 0 Å². The largest absolute Gasteiger partial charge is 0.477 e. The van der Waals surface area contributed by atoms with Gasteiger partial charge in [0.15, 0.2) is 0 Å². The Morgan fingerprint density at radius 2 is 0.731 bits per heavy atom. The molecule has 1 radical (unpaired) electrons. The molecule has 2 nitrogen and oxygen atoms in total. The van der Waals surface area contributed by atoms with Crippen LogP contribution in [-0.4, -0.2) is 52.8 Å². The Labute approximate surface area is 150 Å². The van der Waals surface area contributed by atoms with Crippen LogP contribution in [0, 0.1) is 0 Å². The molecule has 0 aromatic heterocycles. The first-order valence-electron chi connectivity index (χ1n) is 5.01. The first-order chi connectivity index (χ1) is 10.4. The van der Waals surface area contributed by atoms with Gasteiger partial charge < -0.3 is 5.11 Å². The number of carbonyl (C=O) groups is 1. The molecular weight excluding hydrogens is 458 g/mol. The van der Waals surface area contributed by atoms with Gasteiger partial charge in [-0.1, -0.05) is 0 Å². The van der Waals surface area contributed by atoms with Crippen molar-refractivity contribution in [3.05, 3.63) is 0 Å². The number of aliphatic carboxylic acids is 1. The number of halogens is 15. The molecule has 0 unspecified atom stereocenters. The van der Waals surface area contributed by atoms with Gasteiger partial charge in [-0.05, 0) is 0 Å². The van der Waals surface area contributed by atoms with Crippen molar-refractivity contribution in [3.63, 3.8) is 0 Å². The molecule has 0 aliphatic carbocycles. The molecule has 0 aromatic carbocycles. The SMILES string of the molecule is O=C(O)C(F)(F)C(F)(F)C(F)(F)C(F)(F)C(F)(F)C(F)(F)C(F)(F)F.[Sc]. The Morgan fingerprint density at radius 3 is 0.962 bits per heavy atom. The fourth-order valence-electron chi connectivity index (χ4n) is 1.10. The minimum absolute atomic E-state index is 0. The molecule has 153 valence electrons. The van der Waals surface area contributed by atoms with E-state index in [1.54, 1.807) is 0 Å². The van der Waals surface area contributed by atoms with E-state index in [9.17, 15) is 70.7 Å². The van der Waals surface area contributed by atoms with E-state index in [1.165, 1.54) is 0 Å². The average Bonchev–Trinajstić information content (AvgIpc) is 2.35. The smallest absolute Gasteiger partial charge is 0.460 e. The Bertz CT molecular complexity index is 536. The first-order valence-corrected chi connectivity index (χ1v) is 5.01. The summed E-state index contributed by atoms with van der Waals surface area (Å²) in [6.07, 6.45) is -7.69. The maximum Gasteiger partial charge on any atom is 0.460 e. The van der Waals surface area contributed by atoms with E-state index in [1.807, 2.05) is 0 Å². The molecule has 0 amide bonds. The third-order valence-corrected chi connectivity index (χ3v) is 2.60. The molecule has 0 atom stereocenters. The molecule has 0 fully saturated rings. The summed E-state index contributed by atoms with van der Waals surface area (Å²) in [5, 5.41) is 7.57. The maximum atomic E-state index is 12.8. The third-order valence-electron chi connectivity index (χ3n) is 2.60. The van der Waals surface area contributed by atoms with Gasteiger partial charge >= 0.3 is 47.7 Å². The van der Waals surface area contributed by atoms with Crippen LogP contribution >= 0.6 is 0 Å². The molecule has 0 aliphatic heterocycles. The quantitative estimate of drug-likeness (QED) is 0.597. The second kappa shape index (κ2) is 6.72. The van der Waals surface area contributed by atoms with Crippen molar-refractivity contribution in [1.29, 1.82) is 0 Å². The summed E-state index contributed by atoms with van der Waals surface area (Å²) in [6.45, 7) is 0. The first kappa shape index (κ1) is 27.5. The van der Waals surface area contributed by atoms with Crippen LogP contribution in [0.15, 0.2) is 0 Å². The Hall–Kier alpha value is -0.710. The van der Waals surface area contributed by atoms with Gasteiger partial charge in [-0.15, -0.1) is 0 Å². The van der Waals surface area contributed by atoms with Crippen molar-refractivity contribution in [3.8, 4) is 0 Å². The number of carboxylic acids is 1. The Morgan fingerprint density at radius 1 is 0.500 bits per heavy atom. The van der Waals surface area contributed by atoms with Crippen LogP contribution in [0.4, 0.5) is 65.9 Å². The van der Waals surface area contributed by atoms with E-state index < -0.39 is 47.7 Å². The zero-order valence-electron chi connectivity index (χ0n) is 11.1. The van der Waals surface area contributed by atoms with E-state index in [4.69, 9.17) is 5.11 Å². The monoisotopic (exact) mass is 459 g/mol. The van der Waals surface area contributed by atoms with E-state index in [2.05, 4.69) is 0 Å². The summed E-state index contributed by atoms with van der Waals surface area (Å²) < 4.78 is 187. The van der Waals surface area contributed by atoms with Gasteiger partial charge in [-0.3, -0.25) is 0 Å². The Kier molecular flexibility index (Phi) is 7.11. The van der Waals surface area contributed by atoms with E-state index in [-0.39, 0.29) is 25.8 Å². The van der Waals surface area contributed by atoms with Crippen molar-refractivity contribution < 1.29 is 102 Å². The molecule has 0 spiro atoms. The molecule has 1 N–H and O–H groups in total. The topological polar surface area (TPSA) is 37.3 Å². The van der Waals surface area contributed by atoms with Crippen molar-refractivity contribution >= 4 is 5.97 Å². The zero-order valence-corrected chi connectivity index (χ0v) is 12.9. The van der Waals surface area contributed by atoms with Gasteiger partial charge in [-0.25, -0.2) is 4.79 Å². The third kappa shape index (κ3) is 3.29. The van der Waals surface area contributed by atoms with Gasteiger partial charge in [0.1, 0.15) is 0 Å². The number of carboxylic acid groups (broad SMARTS) is 1.